The third kappa shape index (κ3) is 3.04. The standard InChI is InChI=1S/C21H19ClN6O2/c1-11-7-8-15(23-9-11)26-20(29)18-12(2)17-16-19(24-10-25-21(16)30-18)28(27-17)14-6-4-3-5-13(14)22/h5-10,12,18H,3-4H2,1-2H3,(H,23,26,29). The van der Waals surface area contributed by atoms with Crippen LogP contribution in [0.5, 0.6) is 5.88 Å². The summed E-state index contributed by atoms with van der Waals surface area (Å²) in [6.07, 6.45) is 8.09. The Kier molecular flexibility index (Phi) is 4.51. The number of carbonyl (C=O) groups excluding carboxylic acids is 1. The zero-order chi connectivity index (χ0) is 20.8. The van der Waals surface area contributed by atoms with Crippen molar-refractivity contribution in [1.82, 2.24) is 24.7 Å². The Hall–Kier alpha value is -3.26. The van der Waals surface area contributed by atoms with Crippen LogP contribution in [0.2, 0.25) is 0 Å². The Morgan fingerprint density at radius 2 is 2.07 bits per heavy atom. The topological polar surface area (TPSA) is 94.8 Å². The van der Waals surface area contributed by atoms with Crippen molar-refractivity contribution in [2.75, 3.05) is 5.32 Å². The number of hydrogen-bond donors (Lipinski definition) is 1. The summed E-state index contributed by atoms with van der Waals surface area (Å²) in [6, 6.07) is 3.64. The second-order valence-electron chi connectivity index (χ2n) is 7.43. The predicted octanol–water partition coefficient (Wildman–Crippen LogP) is 3.79. The molecule has 2 aliphatic rings. The number of hydrogen-bond acceptors (Lipinski definition) is 6. The van der Waals surface area contributed by atoms with Crippen LogP contribution in [0, 0.1) is 6.92 Å². The molecule has 3 aromatic heterocycles. The molecule has 152 valence electrons. The van der Waals surface area contributed by atoms with Crippen LogP contribution >= 0.6 is 11.6 Å². The molecule has 9 heteroatoms. The molecule has 4 heterocycles. The minimum atomic E-state index is -0.798. The third-order valence-electron chi connectivity index (χ3n) is 5.30. The second-order valence-corrected chi connectivity index (χ2v) is 7.84. The van der Waals surface area contributed by atoms with E-state index in [0.717, 1.165) is 24.1 Å². The van der Waals surface area contributed by atoms with Gasteiger partial charge in [0.25, 0.3) is 5.91 Å². The number of carbonyl (C=O) groups is 1. The summed E-state index contributed by atoms with van der Waals surface area (Å²) in [5.41, 5.74) is 3.11. The molecule has 1 aliphatic heterocycles. The Labute approximate surface area is 177 Å². The molecular formula is C21H19ClN6O2. The number of allylic oxidation sites excluding steroid dienone is 4. The first-order chi connectivity index (χ1) is 14.5. The molecular weight excluding hydrogens is 404 g/mol. The maximum absolute atomic E-state index is 13.0. The van der Waals surface area contributed by atoms with E-state index >= 15 is 0 Å². The molecule has 8 nitrogen and oxygen atoms in total. The quantitative estimate of drug-likeness (QED) is 0.690. The van der Waals surface area contributed by atoms with Crippen molar-refractivity contribution in [3.05, 3.63) is 53.1 Å². The number of halogens is 1. The summed E-state index contributed by atoms with van der Waals surface area (Å²) in [5, 5.41) is 8.92. The fourth-order valence-electron chi connectivity index (χ4n) is 3.73. The van der Waals surface area contributed by atoms with Crippen molar-refractivity contribution < 1.29 is 9.53 Å². The molecule has 1 N–H and O–H groups in total. The van der Waals surface area contributed by atoms with E-state index in [1.807, 2.05) is 32.1 Å². The van der Waals surface area contributed by atoms with Crippen LogP contribution in [-0.4, -0.2) is 36.7 Å². The zero-order valence-corrected chi connectivity index (χ0v) is 17.2. The Morgan fingerprint density at radius 1 is 1.23 bits per heavy atom. The van der Waals surface area contributed by atoms with Gasteiger partial charge in [0.15, 0.2) is 11.8 Å². The maximum Gasteiger partial charge on any atom is 0.267 e. The smallest absolute Gasteiger partial charge is 0.267 e. The van der Waals surface area contributed by atoms with Gasteiger partial charge < -0.3 is 10.1 Å². The molecule has 0 radical (unpaired) electrons. The number of nitrogens with one attached hydrogen (secondary N) is 1. The maximum atomic E-state index is 13.0. The molecule has 0 aromatic carbocycles. The van der Waals surface area contributed by atoms with E-state index < -0.39 is 6.10 Å². The lowest BCUT2D eigenvalue weighted by atomic mass is 9.96. The first kappa shape index (κ1) is 18.7. The third-order valence-corrected chi connectivity index (χ3v) is 5.65. The summed E-state index contributed by atoms with van der Waals surface area (Å²) in [4.78, 5) is 25.8. The fourth-order valence-corrected chi connectivity index (χ4v) is 4.00. The summed E-state index contributed by atoms with van der Waals surface area (Å²) in [6.45, 7) is 3.84. The van der Waals surface area contributed by atoms with Crippen molar-refractivity contribution in [3.8, 4) is 5.88 Å². The lowest BCUT2D eigenvalue weighted by Crippen LogP contribution is -2.39. The van der Waals surface area contributed by atoms with Crippen LogP contribution in [0.3, 0.4) is 0 Å². The van der Waals surface area contributed by atoms with E-state index in [-0.39, 0.29) is 11.8 Å². The molecule has 0 bridgehead atoms. The first-order valence-electron chi connectivity index (χ1n) is 9.73. The second kappa shape index (κ2) is 7.21. The number of aryl methyl sites for hydroxylation is 1. The zero-order valence-electron chi connectivity index (χ0n) is 16.5. The number of anilines is 1. The minimum absolute atomic E-state index is 0.305. The van der Waals surface area contributed by atoms with Gasteiger partial charge in [-0.3, -0.25) is 4.79 Å². The largest absolute Gasteiger partial charge is 0.463 e. The van der Waals surface area contributed by atoms with Gasteiger partial charge in [-0.2, -0.15) is 5.10 Å². The molecule has 1 aliphatic carbocycles. The summed E-state index contributed by atoms with van der Waals surface area (Å²) in [5.74, 6) is 0.188. The monoisotopic (exact) mass is 422 g/mol. The van der Waals surface area contributed by atoms with Crippen LogP contribution in [0.15, 0.2) is 41.8 Å². The van der Waals surface area contributed by atoms with Crippen LogP contribution in [0.1, 0.15) is 36.9 Å². The molecule has 1 amide bonds. The average Bonchev–Trinajstić information content (AvgIpc) is 3.14. The molecule has 3 aromatic rings. The van der Waals surface area contributed by atoms with Crippen LogP contribution in [0.4, 0.5) is 5.82 Å². The van der Waals surface area contributed by atoms with Crippen LogP contribution in [0.25, 0.3) is 16.7 Å². The highest BCUT2D eigenvalue weighted by Crippen LogP contribution is 2.40. The number of ether oxygens (including phenoxy) is 1. The Bertz CT molecular complexity index is 1210. The number of pyridine rings is 1. The van der Waals surface area contributed by atoms with Gasteiger partial charge in [-0.05, 0) is 31.4 Å². The lowest BCUT2D eigenvalue weighted by molar-refractivity contribution is -0.123. The summed E-state index contributed by atoms with van der Waals surface area (Å²) >= 11 is 6.43. The Balaban J connectivity index is 1.52. The predicted molar refractivity (Wildman–Crippen MR) is 113 cm³/mol. The van der Waals surface area contributed by atoms with Crippen LogP contribution in [-0.2, 0) is 4.79 Å². The van der Waals surface area contributed by atoms with E-state index in [1.165, 1.54) is 6.33 Å². The van der Waals surface area contributed by atoms with Gasteiger partial charge >= 0.3 is 0 Å². The average molecular weight is 423 g/mol. The highest BCUT2D eigenvalue weighted by molar-refractivity contribution is 6.36. The van der Waals surface area contributed by atoms with Gasteiger partial charge in [0.05, 0.1) is 16.4 Å². The van der Waals surface area contributed by atoms with Gasteiger partial charge in [0, 0.05) is 12.1 Å². The Morgan fingerprint density at radius 3 is 2.83 bits per heavy atom. The molecule has 0 saturated heterocycles. The van der Waals surface area contributed by atoms with E-state index in [9.17, 15) is 4.79 Å². The normalized spacial score (nSPS) is 20.4. The SMILES string of the molecule is Cc1ccc(NC(=O)C2Oc3ncnc4c3c(nn4C3=CCCC=C3Cl)C2C)nc1. The number of nitrogens with zero attached hydrogens (tertiary/aromatic N) is 5. The van der Waals surface area contributed by atoms with Crippen molar-refractivity contribution in [2.24, 2.45) is 0 Å². The molecule has 30 heavy (non-hydrogen) atoms. The van der Waals surface area contributed by atoms with Crippen molar-refractivity contribution in [3.63, 3.8) is 0 Å². The van der Waals surface area contributed by atoms with Gasteiger partial charge in [-0.15, -0.1) is 0 Å². The van der Waals surface area contributed by atoms with Gasteiger partial charge in [-0.25, -0.2) is 19.6 Å². The van der Waals surface area contributed by atoms with Crippen molar-refractivity contribution in [1.29, 1.82) is 0 Å². The van der Waals surface area contributed by atoms with E-state index in [2.05, 4.69) is 20.3 Å². The summed E-state index contributed by atoms with van der Waals surface area (Å²) < 4.78 is 7.71. The molecule has 2 unspecified atom stereocenters. The van der Waals surface area contributed by atoms with Gasteiger partial charge in [0.1, 0.15) is 17.5 Å². The van der Waals surface area contributed by atoms with E-state index in [0.29, 0.717) is 33.5 Å². The molecule has 0 spiro atoms. The van der Waals surface area contributed by atoms with E-state index in [4.69, 9.17) is 21.4 Å². The highest BCUT2D eigenvalue weighted by atomic mass is 35.5. The molecule has 0 saturated carbocycles. The number of amides is 1. The summed E-state index contributed by atoms with van der Waals surface area (Å²) in [7, 11) is 0. The van der Waals surface area contributed by atoms with Crippen molar-refractivity contribution in [2.45, 2.75) is 38.7 Å². The molecule has 5 rings (SSSR count). The van der Waals surface area contributed by atoms with Gasteiger partial charge in [0.2, 0.25) is 5.88 Å². The van der Waals surface area contributed by atoms with Gasteiger partial charge in [-0.1, -0.05) is 36.7 Å². The van der Waals surface area contributed by atoms with E-state index in [1.54, 1.807) is 16.9 Å². The minimum Gasteiger partial charge on any atom is -0.463 e. The molecule has 0 fully saturated rings. The van der Waals surface area contributed by atoms with Crippen molar-refractivity contribution >= 4 is 40.1 Å². The first-order valence-corrected chi connectivity index (χ1v) is 10.1. The lowest BCUT2D eigenvalue weighted by Gasteiger charge is -2.26. The van der Waals surface area contributed by atoms with Crippen LogP contribution < -0.4 is 10.1 Å². The fraction of sp³-hybridized carbons (Fsp3) is 0.286. The number of rotatable bonds is 3. The molecule has 2 atom stereocenters. The highest BCUT2D eigenvalue weighted by Gasteiger charge is 2.39. The number of aromatic nitrogens is 5.